The van der Waals surface area contributed by atoms with Crippen LogP contribution < -0.4 is 0 Å². The van der Waals surface area contributed by atoms with Gasteiger partial charge in [-0.15, -0.1) is 0 Å². The maximum absolute atomic E-state index is 12.5. The van der Waals surface area contributed by atoms with Crippen LogP contribution in [0, 0.1) is 0 Å². The zero-order valence-electron chi connectivity index (χ0n) is 17.8. The van der Waals surface area contributed by atoms with Gasteiger partial charge in [0.2, 0.25) is 0 Å². The first-order valence-electron chi connectivity index (χ1n) is 10.1. The molecule has 0 aliphatic heterocycles. The van der Waals surface area contributed by atoms with Crippen LogP contribution in [0.3, 0.4) is 0 Å². The first kappa shape index (κ1) is 22.0. The molecule has 3 nitrogen and oxygen atoms in total. The van der Waals surface area contributed by atoms with E-state index in [0.717, 1.165) is 24.0 Å². The van der Waals surface area contributed by atoms with Crippen molar-refractivity contribution in [3.05, 3.63) is 107 Å². The molecule has 0 N–H and O–H groups in total. The number of hydrogen-bond acceptors (Lipinski definition) is 3. The summed E-state index contributed by atoms with van der Waals surface area (Å²) in [4.78, 5) is 12.5. The third-order valence-corrected chi connectivity index (χ3v) is 7.85. The summed E-state index contributed by atoms with van der Waals surface area (Å²) < 4.78 is 24.0. The van der Waals surface area contributed by atoms with Gasteiger partial charge < -0.3 is 0 Å². The van der Waals surface area contributed by atoms with Crippen LogP contribution in [0.5, 0.6) is 0 Å². The van der Waals surface area contributed by atoms with Crippen LogP contribution >= 0.6 is 0 Å². The molecule has 0 aliphatic carbocycles. The Labute approximate surface area is 179 Å². The number of carbonyl (C=O) groups is 1. The van der Waals surface area contributed by atoms with Crippen molar-refractivity contribution in [3.8, 4) is 0 Å². The Balaban J connectivity index is 1.59. The number of rotatable bonds is 7. The molecule has 0 atom stereocenters. The second-order valence-corrected chi connectivity index (χ2v) is 11.3. The van der Waals surface area contributed by atoms with Gasteiger partial charge in [0, 0.05) is 11.1 Å². The van der Waals surface area contributed by atoms with E-state index in [4.69, 9.17) is 0 Å². The van der Waals surface area contributed by atoms with Crippen LogP contribution in [0.4, 0.5) is 0 Å². The van der Waals surface area contributed by atoms with Gasteiger partial charge in [-0.3, -0.25) is 4.79 Å². The average Bonchev–Trinajstić information content (AvgIpc) is 2.73. The molecule has 0 spiro atoms. The molecule has 0 radical (unpaired) electrons. The van der Waals surface area contributed by atoms with Gasteiger partial charge in [-0.1, -0.05) is 78.9 Å². The Kier molecular flexibility index (Phi) is 6.57. The maximum atomic E-state index is 12.5. The second-order valence-electron chi connectivity index (χ2n) is 8.58. The molecule has 4 heteroatoms. The van der Waals surface area contributed by atoms with E-state index in [1.807, 2.05) is 78.9 Å². The molecule has 0 aromatic heterocycles. The van der Waals surface area contributed by atoms with Gasteiger partial charge in [0.25, 0.3) is 0 Å². The van der Waals surface area contributed by atoms with Gasteiger partial charge in [0.1, 0.15) is 0 Å². The van der Waals surface area contributed by atoms with Gasteiger partial charge in [-0.25, -0.2) is 8.42 Å². The zero-order valence-corrected chi connectivity index (χ0v) is 18.6. The molecular weight excluding hydrogens is 392 g/mol. The number of carbonyl (C=O) groups excluding carboxylic acids is 1. The first-order chi connectivity index (χ1) is 14.2. The molecular formula is C26H28O3S. The Hall–Kier alpha value is -2.72. The number of sulfone groups is 1. The lowest BCUT2D eigenvalue weighted by molar-refractivity contribution is 0.103. The van der Waals surface area contributed by atoms with Crippen molar-refractivity contribution in [1.29, 1.82) is 0 Å². The van der Waals surface area contributed by atoms with Crippen molar-refractivity contribution < 1.29 is 13.2 Å². The molecule has 0 saturated carbocycles. The van der Waals surface area contributed by atoms with Crippen LogP contribution in [0.1, 0.15) is 53.4 Å². The molecule has 0 bridgehead atoms. The van der Waals surface area contributed by atoms with Crippen LogP contribution in [0.2, 0.25) is 0 Å². The van der Waals surface area contributed by atoms with E-state index in [0.29, 0.717) is 11.1 Å². The summed E-state index contributed by atoms with van der Waals surface area (Å²) in [7, 11) is -3.18. The van der Waals surface area contributed by atoms with Crippen molar-refractivity contribution >= 4 is 15.6 Å². The van der Waals surface area contributed by atoms with Gasteiger partial charge in [0.15, 0.2) is 15.6 Å². The second kappa shape index (κ2) is 8.97. The molecule has 156 valence electrons. The van der Waals surface area contributed by atoms with Crippen LogP contribution in [0.25, 0.3) is 0 Å². The van der Waals surface area contributed by atoms with Crippen molar-refractivity contribution in [1.82, 2.24) is 0 Å². The van der Waals surface area contributed by atoms with Gasteiger partial charge in [-0.2, -0.15) is 0 Å². The van der Waals surface area contributed by atoms with E-state index < -0.39 is 14.6 Å². The van der Waals surface area contributed by atoms with Crippen molar-refractivity contribution in [2.45, 2.75) is 44.1 Å². The normalized spacial score (nSPS) is 12.0. The summed E-state index contributed by atoms with van der Waals surface area (Å²) in [5, 5.41) is 0. The van der Waals surface area contributed by atoms with Gasteiger partial charge >= 0.3 is 0 Å². The van der Waals surface area contributed by atoms with Crippen molar-refractivity contribution in [2.24, 2.45) is 0 Å². The monoisotopic (exact) mass is 420 g/mol. The summed E-state index contributed by atoms with van der Waals surface area (Å²) in [5.41, 5.74) is 4.53. The quantitative estimate of drug-likeness (QED) is 0.480. The molecule has 0 amide bonds. The molecule has 30 heavy (non-hydrogen) atoms. The molecule has 0 unspecified atom stereocenters. The minimum atomic E-state index is -3.18. The Morgan fingerprint density at radius 2 is 1.10 bits per heavy atom. The SMILES string of the molecule is CC(C)(C)S(=O)(=O)Cc1ccc(CCc2ccc(C(=O)c3ccccc3)cc2)cc1. The highest BCUT2D eigenvalue weighted by molar-refractivity contribution is 7.91. The summed E-state index contributed by atoms with van der Waals surface area (Å²) in [6.07, 6.45) is 1.72. The Bertz CT molecular complexity index is 1090. The maximum Gasteiger partial charge on any atom is 0.193 e. The Morgan fingerprint density at radius 1 is 0.667 bits per heavy atom. The molecule has 0 heterocycles. The number of hydrogen-bond donors (Lipinski definition) is 0. The summed E-state index contributed by atoms with van der Waals surface area (Å²) in [5.74, 6) is 0.0937. The largest absolute Gasteiger partial charge is 0.289 e. The molecule has 3 aromatic carbocycles. The lowest BCUT2D eigenvalue weighted by Crippen LogP contribution is -2.29. The minimum absolute atomic E-state index is 0.0305. The van der Waals surface area contributed by atoms with Crippen LogP contribution in [-0.4, -0.2) is 18.9 Å². The first-order valence-corrected chi connectivity index (χ1v) is 11.8. The van der Waals surface area contributed by atoms with E-state index in [-0.39, 0.29) is 11.5 Å². The van der Waals surface area contributed by atoms with E-state index >= 15 is 0 Å². The molecule has 3 rings (SSSR count). The fourth-order valence-electron chi connectivity index (χ4n) is 3.11. The van der Waals surface area contributed by atoms with Crippen molar-refractivity contribution in [2.75, 3.05) is 0 Å². The third kappa shape index (κ3) is 5.45. The van der Waals surface area contributed by atoms with Gasteiger partial charge in [-0.05, 0) is 50.3 Å². The summed E-state index contributed by atoms with van der Waals surface area (Å²) in [6.45, 7) is 5.19. The Morgan fingerprint density at radius 3 is 1.60 bits per heavy atom. The zero-order chi connectivity index (χ0) is 21.8. The van der Waals surface area contributed by atoms with Crippen molar-refractivity contribution in [3.63, 3.8) is 0 Å². The van der Waals surface area contributed by atoms with E-state index in [1.54, 1.807) is 20.8 Å². The van der Waals surface area contributed by atoms with E-state index in [9.17, 15) is 13.2 Å². The average molecular weight is 421 g/mol. The summed E-state index contributed by atoms with van der Waals surface area (Å²) in [6, 6.07) is 24.9. The molecule has 0 saturated heterocycles. The van der Waals surface area contributed by atoms with E-state index in [1.165, 1.54) is 5.56 Å². The lowest BCUT2D eigenvalue weighted by atomic mass is 9.99. The number of benzene rings is 3. The molecule has 0 aliphatic rings. The fourth-order valence-corrected chi connectivity index (χ4v) is 4.17. The summed E-state index contributed by atoms with van der Waals surface area (Å²) >= 11 is 0. The lowest BCUT2D eigenvalue weighted by Gasteiger charge is -2.19. The van der Waals surface area contributed by atoms with E-state index in [2.05, 4.69) is 0 Å². The number of aryl methyl sites for hydroxylation is 2. The van der Waals surface area contributed by atoms with Crippen LogP contribution in [-0.2, 0) is 28.4 Å². The highest BCUT2D eigenvalue weighted by Gasteiger charge is 2.28. The molecule has 3 aromatic rings. The standard InChI is InChI=1S/C26H28O3S/c1-26(2,3)30(28,29)19-22-13-11-20(12-14-22)9-10-21-15-17-24(18-16-21)25(27)23-7-5-4-6-8-23/h4-8,11-18H,9-10,19H2,1-3H3. The predicted molar refractivity (Wildman–Crippen MR) is 123 cm³/mol. The van der Waals surface area contributed by atoms with Gasteiger partial charge in [0.05, 0.1) is 10.5 Å². The van der Waals surface area contributed by atoms with Crippen LogP contribution in [0.15, 0.2) is 78.9 Å². The minimum Gasteiger partial charge on any atom is -0.289 e. The smallest absolute Gasteiger partial charge is 0.193 e. The predicted octanol–water partition coefficient (Wildman–Crippen LogP) is 5.42. The topological polar surface area (TPSA) is 51.2 Å². The molecule has 0 fully saturated rings. The highest BCUT2D eigenvalue weighted by Crippen LogP contribution is 2.21. The fraction of sp³-hybridized carbons (Fsp3) is 0.269. The third-order valence-electron chi connectivity index (χ3n) is 5.27. The highest BCUT2D eigenvalue weighted by atomic mass is 32.2. The number of ketones is 1.